The molecule has 1 aromatic carbocycles. The fourth-order valence-corrected chi connectivity index (χ4v) is 4.23. The molecule has 1 aromatic heterocycles. The zero-order chi connectivity index (χ0) is 17.1. The highest BCUT2D eigenvalue weighted by molar-refractivity contribution is 7.99. The maximum absolute atomic E-state index is 12.4. The molecule has 0 aliphatic carbocycles. The van der Waals surface area contributed by atoms with Crippen LogP contribution in [0.15, 0.2) is 47.1 Å². The summed E-state index contributed by atoms with van der Waals surface area (Å²) >= 11 is 7.41. The summed E-state index contributed by atoms with van der Waals surface area (Å²) < 4.78 is 10.8. The molecule has 2 heterocycles. The van der Waals surface area contributed by atoms with Gasteiger partial charge in [-0.05, 0) is 29.8 Å². The number of esters is 1. The molecule has 0 saturated carbocycles. The third-order valence-corrected chi connectivity index (χ3v) is 5.21. The molecule has 1 amide bonds. The lowest BCUT2D eigenvalue weighted by Crippen LogP contribution is -2.42. The molecule has 0 N–H and O–H groups in total. The lowest BCUT2D eigenvalue weighted by Gasteiger charge is -2.25. The third-order valence-electron chi connectivity index (χ3n) is 3.69. The van der Waals surface area contributed by atoms with Crippen molar-refractivity contribution < 1.29 is 18.7 Å². The normalized spacial score (nSPS) is 20.2. The van der Waals surface area contributed by atoms with E-state index < -0.39 is 12.0 Å². The number of benzene rings is 1. The monoisotopic (exact) mass is 365 g/mol. The van der Waals surface area contributed by atoms with Crippen LogP contribution < -0.4 is 0 Å². The first kappa shape index (κ1) is 16.9. The highest BCUT2D eigenvalue weighted by Gasteiger charge is 2.43. The number of furan rings is 1. The highest BCUT2D eigenvalue weighted by Crippen LogP contribution is 2.41. The van der Waals surface area contributed by atoms with Crippen LogP contribution in [0.3, 0.4) is 0 Å². The first-order valence-corrected chi connectivity index (χ1v) is 8.84. The lowest BCUT2D eigenvalue weighted by molar-refractivity contribution is -0.154. The van der Waals surface area contributed by atoms with Crippen LogP contribution in [0.25, 0.3) is 0 Å². The van der Waals surface area contributed by atoms with Gasteiger partial charge in [0, 0.05) is 17.7 Å². The summed E-state index contributed by atoms with van der Waals surface area (Å²) in [5.74, 6) is 0.512. The fraction of sp³-hybridized carbons (Fsp3) is 0.294. The van der Waals surface area contributed by atoms with Crippen LogP contribution >= 0.6 is 23.4 Å². The van der Waals surface area contributed by atoms with Crippen LogP contribution in [0.4, 0.5) is 0 Å². The zero-order valence-electron chi connectivity index (χ0n) is 13.0. The number of hydrogen-bond acceptors (Lipinski definition) is 5. The Hall–Kier alpha value is -1.92. The van der Waals surface area contributed by atoms with Crippen LogP contribution in [-0.2, 0) is 20.9 Å². The van der Waals surface area contributed by atoms with Crippen LogP contribution in [0.5, 0.6) is 0 Å². The number of thioether (sulfide) groups is 1. The van der Waals surface area contributed by atoms with Crippen molar-refractivity contribution in [1.29, 1.82) is 0 Å². The minimum absolute atomic E-state index is 0.123. The van der Waals surface area contributed by atoms with Gasteiger partial charge in [0.1, 0.15) is 23.8 Å². The smallest absolute Gasteiger partial charge is 0.330 e. The van der Waals surface area contributed by atoms with Gasteiger partial charge in [0.25, 0.3) is 0 Å². The Bertz CT molecular complexity index is 734. The molecule has 24 heavy (non-hydrogen) atoms. The lowest BCUT2D eigenvalue weighted by atomic mass is 10.2. The molecule has 2 atom stereocenters. The van der Waals surface area contributed by atoms with Gasteiger partial charge in [-0.3, -0.25) is 4.79 Å². The van der Waals surface area contributed by atoms with E-state index in [2.05, 4.69) is 0 Å². The number of rotatable bonds is 4. The molecule has 0 unspecified atom stereocenters. The predicted molar refractivity (Wildman–Crippen MR) is 91.5 cm³/mol. The summed E-state index contributed by atoms with van der Waals surface area (Å²) in [4.78, 5) is 26.0. The molecule has 1 aliphatic rings. The second kappa shape index (κ2) is 7.32. The second-order valence-electron chi connectivity index (χ2n) is 5.38. The number of halogens is 1. The Balaban J connectivity index is 1.68. The van der Waals surface area contributed by atoms with Crippen LogP contribution in [0.1, 0.15) is 23.6 Å². The molecule has 3 rings (SSSR count). The zero-order valence-corrected chi connectivity index (χ0v) is 14.5. The summed E-state index contributed by atoms with van der Waals surface area (Å²) in [5, 5.41) is 0.282. The van der Waals surface area contributed by atoms with Crippen molar-refractivity contribution in [1.82, 2.24) is 4.90 Å². The molecule has 0 spiro atoms. The fourth-order valence-electron chi connectivity index (χ4n) is 2.60. The van der Waals surface area contributed by atoms with Crippen LogP contribution in [0, 0.1) is 0 Å². The van der Waals surface area contributed by atoms with E-state index >= 15 is 0 Å². The van der Waals surface area contributed by atoms with Gasteiger partial charge in [-0.25, -0.2) is 4.79 Å². The Kier molecular flexibility index (Phi) is 5.16. The molecular weight excluding hydrogens is 350 g/mol. The Morgan fingerprint density at radius 3 is 2.88 bits per heavy atom. The van der Waals surface area contributed by atoms with E-state index in [-0.39, 0.29) is 17.9 Å². The molecular formula is C17H16ClNO4S. The third kappa shape index (κ3) is 3.60. The minimum Gasteiger partial charge on any atom is -0.466 e. The average molecular weight is 366 g/mol. The molecule has 1 fully saturated rings. The first-order valence-electron chi connectivity index (χ1n) is 7.41. The maximum Gasteiger partial charge on any atom is 0.330 e. The van der Waals surface area contributed by atoms with E-state index in [1.807, 2.05) is 6.07 Å². The van der Waals surface area contributed by atoms with Crippen molar-refractivity contribution in [2.24, 2.45) is 0 Å². The van der Waals surface area contributed by atoms with Gasteiger partial charge in [0.05, 0.1) is 6.26 Å². The van der Waals surface area contributed by atoms with E-state index in [1.54, 1.807) is 36.6 Å². The predicted octanol–water partition coefficient (Wildman–Crippen LogP) is 3.64. The van der Waals surface area contributed by atoms with Gasteiger partial charge in [0.2, 0.25) is 5.91 Å². The number of nitrogens with zero attached hydrogens (tertiary/aromatic N) is 1. The van der Waals surface area contributed by atoms with Crippen LogP contribution in [0.2, 0.25) is 5.02 Å². The van der Waals surface area contributed by atoms with Crippen molar-refractivity contribution in [2.75, 3.05) is 5.75 Å². The number of carbonyl (C=O) groups excluding carboxylic acids is 2. The molecule has 0 radical (unpaired) electrons. The van der Waals surface area contributed by atoms with Gasteiger partial charge in [0.15, 0.2) is 0 Å². The van der Waals surface area contributed by atoms with E-state index in [4.69, 9.17) is 20.8 Å². The quantitative estimate of drug-likeness (QED) is 0.774. The van der Waals surface area contributed by atoms with E-state index in [9.17, 15) is 9.59 Å². The Morgan fingerprint density at radius 1 is 1.38 bits per heavy atom. The van der Waals surface area contributed by atoms with Gasteiger partial charge in [-0.15, -0.1) is 11.8 Å². The number of hydrogen-bond donors (Lipinski definition) is 0. The van der Waals surface area contributed by atoms with Crippen molar-refractivity contribution in [3.63, 3.8) is 0 Å². The molecule has 1 aliphatic heterocycles. The Morgan fingerprint density at radius 2 is 2.21 bits per heavy atom. The van der Waals surface area contributed by atoms with Crippen molar-refractivity contribution >= 4 is 35.2 Å². The summed E-state index contributed by atoms with van der Waals surface area (Å²) in [6.07, 6.45) is 1.55. The van der Waals surface area contributed by atoms with Crippen LogP contribution in [-0.4, -0.2) is 28.6 Å². The topological polar surface area (TPSA) is 59.8 Å². The summed E-state index contributed by atoms with van der Waals surface area (Å²) in [5.41, 5.74) is 0.804. The van der Waals surface area contributed by atoms with Crippen molar-refractivity contribution in [2.45, 2.75) is 24.9 Å². The molecule has 7 heteroatoms. The van der Waals surface area contributed by atoms with Gasteiger partial charge >= 0.3 is 5.97 Å². The largest absolute Gasteiger partial charge is 0.466 e. The van der Waals surface area contributed by atoms with Gasteiger partial charge in [-0.2, -0.15) is 0 Å². The van der Waals surface area contributed by atoms with Gasteiger partial charge in [-0.1, -0.05) is 23.7 Å². The molecule has 126 valence electrons. The summed E-state index contributed by atoms with van der Waals surface area (Å²) in [6.45, 7) is 1.57. The highest BCUT2D eigenvalue weighted by atomic mass is 35.5. The van der Waals surface area contributed by atoms with Crippen molar-refractivity contribution in [3.8, 4) is 0 Å². The average Bonchev–Trinajstić information content (AvgIpc) is 3.21. The SMILES string of the molecule is CC(=O)N1[C@@H](C(=O)OCc2cccc(Cl)c2)CS[C@@H]1c1ccco1. The molecule has 5 nitrogen and oxygen atoms in total. The molecule has 2 aromatic rings. The van der Waals surface area contributed by atoms with Crippen molar-refractivity contribution in [3.05, 3.63) is 59.0 Å². The van der Waals surface area contributed by atoms with Gasteiger partial charge < -0.3 is 14.1 Å². The summed E-state index contributed by atoms with van der Waals surface area (Å²) in [7, 11) is 0. The molecule has 1 saturated heterocycles. The van der Waals surface area contributed by atoms with E-state index in [1.165, 1.54) is 23.6 Å². The second-order valence-corrected chi connectivity index (χ2v) is 6.93. The number of amides is 1. The number of ether oxygens (including phenoxy) is 1. The van der Waals surface area contributed by atoms with E-state index in [0.29, 0.717) is 16.5 Å². The first-order chi connectivity index (χ1) is 11.6. The minimum atomic E-state index is -0.623. The number of carbonyl (C=O) groups is 2. The molecule has 0 bridgehead atoms. The van der Waals surface area contributed by atoms with E-state index in [0.717, 1.165) is 5.56 Å². The maximum atomic E-state index is 12.4. The summed E-state index contributed by atoms with van der Waals surface area (Å²) in [6, 6.07) is 10.1. The Labute approximate surface area is 148 Å². The standard InChI is InChI=1S/C17H16ClNO4S/c1-11(20)19-14(10-24-16(19)15-6-3-7-22-15)17(21)23-9-12-4-2-5-13(18)8-12/h2-8,14,16H,9-10H2,1H3/t14-,16-/m1/s1.